The molecule has 0 aliphatic carbocycles. The summed E-state index contributed by atoms with van der Waals surface area (Å²) in [6.07, 6.45) is 1.40. The second kappa shape index (κ2) is 7.74. The largest absolute Gasteiger partial charge is 0.364 e. The maximum absolute atomic E-state index is 12.1. The summed E-state index contributed by atoms with van der Waals surface area (Å²) >= 11 is 0. The van der Waals surface area contributed by atoms with Gasteiger partial charge >= 0.3 is 0 Å². The molecular formula is C18H21N5O2. The van der Waals surface area contributed by atoms with E-state index in [2.05, 4.69) is 20.8 Å². The van der Waals surface area contributed by atoms with Gasteiger partial charge in [-0.2, -0.15) is 0 Å². The van der Waals surface area contributed by atoms with Crippen molar-refractivity contribution in [2.45, 2.75) is 25.8 Å². The predicted molar refractivity (Wildman–Crippen MR) is 95.3 cm³/mol. The van der Waals surface area contributed by atoms with E-state index >= 15 is 0 Å². The molecule has 1 aliphatic heterocycles. The Labute approximate surface area is 146 Å². The number of para-hydroxylation sites is 1. The van der Waals surface area contributed by atoms with Crippen LogP contribution >= 0.6 is 0 Å². The molecule has 3 rings (SSSR count). The molecule has 0 saturated carbocycles. The van der Waals surface area contributed by atoms with Gasteiger partial charge in [-0.05, 0) is 30.7 Å². The van der Waals surface area contributed by atoms with Crippen molar-refractivity contribution in [2.24, 2.45) is 0 Å². The van der Waals surface area contributed by atoms with Crippen molar-refractivity contribution in [1.29, 1.82) is 0 Å². The average molecular weight is 339 g/mol. The third kappa shape index (κ3) is 4.32. The van der Waals surface area contributed by atoms with Gasteiger partial charge in [0.15, 0.2) is 5.69 Å². The van der Waals surface area contributed by atoms with E-state index < -0.39 is 0 Å². The Morgan fingerprint density at radius 2 is 1.96 bits per heavy atom. The number of rotatable bonds is 5. The molecular weight excluding hydrogens is 318 g/mol. The second-order valence-corrected chi connectivity index (χ2v) is 5.95. The highest BCUT2D eigenvalue weighted by Gasteiger charge is 2.25. The molecule has 2 heterocycles. The number of amides is 2. The van der Waals surface area contributed by atoms with E-state index in [0.717, 1.165) is 13.0 Å². The molecule has 130 valence electrons. The minimum atomic E-state index is -0.300. The van der Waals surface area contributed by atoms with Crippen LogP contribution < -0.4 is 10.6 Å². The lowest BCUT2D eigenvalue weighted by Gasteiger charge is -2.16. The van der Waals surface area contributed by atoms with Crippen molar-refractivity contribution in [3.63, 3.8) is 0 Å². The summed E-state index contributed by atoms with van der Waals surface area (Å²) in [4.78, 5) is 25.7. The maximum atomic E-state index is 12.1. The van der Waals surface area contributed by atoms with Crippen LogP contribution in [-0.4, -0.2) is 46.0 Å². The van der Waals surface area contributed by atoms with Gasteiger partial charge < -0.3 is 15.5 Å². The Morgan fingerprint density at radius 1 is 1.16 bits per heavy atom. The number of anilines is 2. The molecule has 0 radical (unpaired) electrons. The molecule has 7 heteroatoms. The van der Waals surface area contributed by atoms with Crippen LogP contribution in [0.3, 0.4) is 0 Å². The summed E-state index contributed by atoms with van der Waals surface area (Å²) in [5.74, 6) is 0.473. The number of hydrogen-bond donors (Lipinski definition) is 2. The van der Waals surface area contributed by atoms with Crippen molar-refractivity contribution in [3.05, 3.63) is 48.2 Å². The van der Waals surface area contributed by atoms with Crippen molar-refractivity contribution >= 4 is 23.3 Å². The Bertz CT molecular complexity index is 733. The van der Waals surface area contributed by atoms with Crippen LogP contribution in [-0.2, 0) is 4.79 Å². The molecule has 1 atom stereocenters. The van der Waals surface area contributed by atoms with Crippen molar-refractivity contribution in [2.75, 3.05) is 23.7 Å². The van der Waals surface area contributed by atoms with Crippen LogP contribution in [0.2, 0.25) is 0 Å². The first-order chi connectivity index (χ1) is 12.2. The van der Waals surface area contributed by atoms with E-state index in [9.17, 15) is 9.59 Å². The zero-order chi connectivity index (χ0) is 17.6. The van der Waals surface area contributed by atoms with Gasteiger partial charge in [0.25, 0.3) is 5.91 Å². The molecule has 1 aromatic carbocycles. The highest BCUT2D eigenvalue weighted by Crippen LogP contribution is 2.15. The van der Waals surface area contributed by atoms with E-state index in [-0.39, 0.29) is 23.6 Å². The Balaban J connectivity index is 1.56. The molecule has 2 amide bonds. The molecule has 1 aromatic heterocycles. The van der Waals surface area contributed by atoms with Gasteiger partial charge in [0.2, 0.25) is 5.91 Å². The summed E-state index contributed by atoms with van der Waals surface area (Å²) in [7, 11) is 0. The highest BCUT2D eigenvalue weighted by atomic mass is 16.2. The smallest absolute Gasteiger partial charge is 0.276 e. The van der Waals surface area contributed by atoms with Crippen LogP contribution in [0.15, 0.2) is 42.5 Å². The first kappa shape index (κ1) is 16.9. The molecule has 1 fully saturated rings. The zero-order valence-corrected chi connectivity index (χ0v) is 14.1. The van der Waals surface area contributed by atoms with Gasteiger partial charge in [0.1, 0.15) is 5.82 Å². The summed E-state index contributed by atoms with van der Waals surface area (Å²) in [5, 5.41) is 14.1. The molecule has 1 aliphatic rings. The normalized spacial score (nSPS) is 16.5. The van der Waals surface area contributed by atoms with E-state index in [1.165, 1.54) is 0 Å². The molecule has 2 aromatic rings. The number of carbonyl (C=O) groups is 2. The third-order valence-corrected chi connectivity index (χ3v) is 4.12. The number of aromatic nitrogens is 2. The summed E-state index contributed by atoms with van der Waals surface area (Å²) in [6.45, 7) is 3.30. The number of carbonyl (C=O) groups excluding carboxylic acids is 2. The van der Waals surface area contributed by atoms with Gasteiger partial charge in [0.05, 0.1) is 0 Å². The highest BCUT2D eigenvalue weighted by molar-refractivity contribution is 6.02. The average Bonchev–Trinajstić information content (AvgIpc) is 3.11. The topological polar surface area (TPSA) is 87.2 Å². The summed E-state index contributed by atoms with van der Waals surface area (Å²) in [5.41, 5.74) is 0.965. The van der Waals surface area contributed by atoms with Crippen LogP contribution in [0.25, 0.3) is 0 Å². The number of likely N-dealkylation sites (tertiary alicyclic amines) is 1. The number of nitrogens with one attached hydrogen (secondary N) is 2. The number of benzene rings is 1. The Kier molecular flexibility index (Phi) is 5.23. The molecule has 1 saturated heterocycles. The van der Waals surface area contributed by atoms with Crippen LogP contribution in [0, 0.1) is 0 Å². The van der Waals surface area contributed by atoms with Crippen molar-refractivity contribution in [1.82, 2.24) is 15.1 Å². The monoisotopic (exact) mass is 339 g/mol. The molecule has 2 N–H and O–H groups in total. The second-order valence-electron chi connectivity index (χ2n) is 5.95. The minimum Gasteiger partial charge on any atom is -0.364 e. The summed E-state index contributed by atoms with van der Waals surface area (Å²) in [6, 6.07) is 12.7. The Hall–Kier alpha value is -2.96. The van der Waals surface area contributed by atoms with Gasteiger partial charge in [0, 0.05) is 31.2 Å². The fraction of sp³-hybridized carbons (Fsp3) is 0.333. The lowest BCUT2D eigenvalue weighted by molar-refractivity contribution is -0.129. The first-order valence-corrected chi connectivity index (χ1v) is 8.40. The number of hydrogen-bond acceptors (Lipinski definition) is 5. The van der Waals surface area contributed by atoms with E-state index in [0.29, 0.717) is 24.5 Å². The first-order valence-electron chi connectivity index (χ1n) is 8.40. The van der Waals surface area contributed by atoms with Gasteiger partial charge in [-0.3, -0.25) is 9.59 Å². The van der Waals surface area contributed by atoms with Crippen molar-refractivity contribution < 1.29 is 9.59 Å². The lowest BCUT2D eigenvalue weighted by atomic mass is 10.2. The van der Waals surface area contributed by atoms with Gasteiger partial charge in [-0.1, -0.05) is 25.1 Å². The Morgan fingerprint density at radius 3 is 2.64 bits per heavy atom. The fourth-order valence-electron chi connectivity index (χ4n) is 2.78. The molecule has 1 unspecified atom stereocenters. The maximum Gasteiger partial charge on any atom is 0.276 e. The number of nitrogens with zero attached hydrogens (tertiary/aromatic N) is 3. The zero-order valence-electron chi connectivity index (χ0n) is 14.1. The van der Waals surface area contributed by atoms with Crippen LogP contribution in [0.5, 0.6) is 0 Å². The van der Waals surface area contributed by atoms with E-state index in [1.807, 2.05) is 42.2 Å². The fourth-order valence-corrected chi connectivity index (χ4v) is 2.78. The third-order valence-electron chi connectivity index (χ3n) is 4.12. The lowest BCUT2D eigenvalue weighted by Crippen LogP contribution is -2.31. The summed E-state index contributed by atoms with van der Waals surface area (Å²) < 4.78 is 0. The van der Waals surface area contributed by atoms with Crippen LogP contribution in [0.4, 0.5) is 11.5 Å². The van der Waals surface area contributed by atoms with Crippen molar-refractivity contribution in [3.8, 4) is 0 Å². The van der Waals surface area contributed by atoms with Gasteiger partial charge in [-0.25, -0.2) is 0 Å². The van der Waals surface area contributed by atoms with Crippen LogP contribution in [0.1, 0.15) is 30.3 Å². The standard InChI is InChI=1S/C18H21N5O2/c1-2-17(24)23-11-10-14(12-23)19-16-9-8-15(21-22-16)18(25)20-13-6-4-3-5-7-13/h3-9,14H,2,10-12H2,1H3,(H,19,22)(H,20,25). The van der Waals surface area contributed by atoms with E-state index in [4.69, 9.17) is 0 Å². The SMILES string of the molecule is CCC(=O)N1CCC(Nc2ccc(C(=O)Nc3ccccc3)nn2)C1. The molecule has 0 bridgehead atoms. The predicted octanol–water partition coefficient (Wildman–Crippen LogP) is 2.15. The quantitative estimate of drug-likeness (QED) is 0.871. The minimum absolute atomic E-state index is 0.161. The molecule has 7 nitrogen and oxygen atoms in total. The van der Waals surface area contributed by atoms with Gasteiger partial charge in [-0.15, -0.1) is 10.2 Å². The molecule has 25 heavy (non-hydrogen) atoms. The van der Waals surface area contributed by atoms with E-state index in [1.54, 1.807) is 12.1 Å². The molecule has 0 spiro atoms.